The van der Waals surface area contributed by atoms with Gasteiger partial charge in [0, 0.05) is 31.1 Å². The Balaban J connectivity index is 0.00000200. The van der Waals surface area contributed by atoms with Crippen LogP contribution in [0.1, 0.15) is 16.6 Å². The zero-order valence-corrected chi connectivity index (χ0v) is 13.0. The van der Waals surface area contributed by atoms with Crippen LogP contribution >= 0.6 is 23.7 Å². The molecule has 2 rings (SSSR count). The van der Waals surface area contributed by atoms with Gasteiger partial charge in [0.05, 0.1) is 13.2 Å². The van der Waals surface area contributed by atoms with Crippen LogP contribution in [0, 0.1) is 0 Å². The molecule has 0 spiro atoms. The van der Waals surface area contributed by atoms with E-state index in [4.69, 9.17) is 15.0 Å². The fraction of sp³-hybridized carbons (Fsp3) is 0.545. The molecule has 0 fully saturated rings. The van der Waals surface area contributed by atoms with Crippen molar-refractivity contribution in [3.05, 3.63) is 22.8 Å². The van der Waals surface area contributed by atoms with E-state index in [-0.39, 0.29) is 12.4 Å². The first-order chi connectivity index (χ1) is 9.17. The Morgan fingerprint density at radius 2 is 2.25 bits per heavy atom. The molecule has 2 aromatic rings. The number of methoxy groups -OCH3 is 1. The number of hydrogen-bond donors (Lipinski definition) is 1. The second-order valence-electron chi connectivity index (χ2n) is 4.18. The lowest BCUT2D eigenvalue weighted by Crippen LogP contribution is -2.16. The third kappa shape index (κ3) is 5.04. The number of rotatable bonds is 7. The lowest BCUT2D eigenvalue weighted by molar-refractivity contribution is 0.199. The normalized spacial score (nSPS) is 10.8. The van der Waals surface area contributed by atoms with Crippen LogP contribution in [0.25, 0.3) is 0 Å². The number of hydrogen-bond acceptors (Lipinski definition) is 8. The summed E-state index contributed by atoms with van der Waals surface area (Å²) in [5.74, 6) is 1.28. The third-order valence-corrected chi connectivity index (χ3v) is 3.25. The van der Waals surface area contributed by atoms with Gasteiger partial charge in [0.2, 0.25) is 5.89 Å². The molecule has 0 atom stereocenters. The van der Waals surface area contributed by atoms with E-state index in [1.54, 1.807) is 13.3 Å². The summed E-state index contributed by atoms with van der Waals surface area (Å²) in [4.78, 5) is 11.5. The van der Waals surface area contributed by atoms with E-state index in [1.165, 1.54) is 11.3 Å². The molecular weight excluding hydrogens is 302 g/mol. The van der Waals surface area contributed by atoms with Crippen molar-refractivity contribution in [1.82, 2.24) is 20.0 Å². The Morgan fingerprint density at radius 1 is 1.45 bits per heavy atom. The molecule has 0 aliphatic rings. The maximum Gasteiger partial charge on any atom is 0.240 e. The summed E-state index contributed by atoms with van der Waals surface area (Å²) >= 11 is 1.48. The van der Waals surface area contributed by atoms with Gasteiger partial charge in [0.15, 0.2) is 11.0 Å². The molecule has 0 radical (unpaired) electrons. The zero-order valence-electron chi connectivity index (χ0n) is 11.4. The fourth-order valence-electron chi connectivity index (χ4n) is 1.60. The minimum atomic E-state index is 0. The number of anilines is 1. The first kappa shape index (κ1) is 16.8. The lowest BCUT2D eigenvalue weighted by Gasteiger charge is -2.11. The van der Waals surface area contributed by atoms with Crippen LogP contribution in [0.4, 0.5) is 5.13 Å². The molecule has 20 heavy (non-hydrogen) atoms. The van der Waals surface area contributed by atoms with Crippen LogP contribution in [0.2, 0.25) is 0 Å². The van der Waals surface area contributed by atoms with E-state index in [2.05, 4.69) is 20.0 Å². The van der Waals surface area contributed by atoms with E-state index >= 15 is 0 Å². The average Bonchev–Trinajstić information content (AvgIpc) is 2.96. The summed E-state index contributed by atoms with van der Waals surface area (Å²) in [7, 11) is 3.63. The van der Waals surface area contributed by atoms with Gasteiger partial charge in [-0.15, -0.1) is 23.7 Å². The molecule has 0 aliphatic heterocycles. The van der Waals surface area contributed by atoms with E-state index in [1.807, 2.05) is 7.05 Å². The molecular formula is C11H18ClN5O2S. The zero-order chi connectivity index (χ0) is 13.7. The van der Waals surface area contributed by atoms with Crippen molar-refractivity contribution in [3.8, 4) is 0 Å². The first-order valence-corrected chi connectivity index (χ1v) is 6.68. The SMILES string of the molecule is COCCc1noc(CN(C)Cc2cnc(N)s2)n1.Cl. The van der Waals surface area contributed by atoms with Crippen LogP contribution in [0.15, 0.2) is 10.7 Å². The van der Waals surface area contributed by atoms with Crippen LogP contribution in [-0.4, -0.2) is 40.8 Å². The van der Waals surface area contributed by atoms with Crippen molar-refractivity contribution >= 4 is 28.9 Å². The van der Waals surface area contributed by atoms with Gasteiger partial charge in [0.1, 0.15) is 0 Å². The van der Waals surface area contributed by atoms with Gasteiger partial charge in [-0.05, 0) is 7.05 Å². The summed E-state index contributed by atoms with van der Waals surface area (Å²) in [5, 5.41) is 4.48. The van der Waals surface area contributed by atoms with E-state index in [9.17, 15) is 0 Å². The van der Waals surface area contributed by atoms with Crippen LogP contribution in [0.3, 0.4) is 0 Å². The Hall–Kier alpha value is -1.22. The van der Waals surface area contributed by atoms with Gasteiger partial charge in [-0.25, -0.2) is 4.98 Å². The maximum atomic E-state index is 5.59. The molecule has 7 nitrogen and oxygen atoms in total. The summed E-state index contributed by atoms with van der Waals surface area (Å²) in [6.45, 7) is 1.94. The molecule has 0 unspecified atom stereocenters. The van der Waals surface area contributed by atoms with E-state index < -0.39 is 0 Å². The second kappa shape index (κ2) is 8.15. The number of halogens is 1. The minimum Gasteiger partial charge on any atom is -0.384 e. The highest BCUT2D eigenvalue weighted by molar-refractivity contribution is 7.15. The predicted molar refractivity (Wildman–Crippen MR) is 78.8 cm³/mol. The molecule has 112 valence electrons. The van der Waals surface area contributed by atoms with Crippen molar-refractivity contribution < 1.29 is 9.26 Å². The van der Waals surface area contributed by atoms with Crippen molar-refractivity contribution in [2.75, 3.05) is 26.5 Å². The molecule has 9 heteroatoms. The average molecular weight is 320 g/mol. The highest BCUT2D eigenvalue weighted by atomic mass is 35.5. The molecule has 2 N–H and O–H groups in total. The molecule has 0 aliphatic carbocycles. The molecule has 0 aromatic carbocycles. The minimum absolute atomic E-state index is 0. The van der Waals surface area contributed by atoms with Crippen molar-refractivity contribution in [1.29, 1.82) is 0 Å². The van der Waals surface area contributed by atoms with Crippen LogP contribution < -0.4 is 5.73 Å². The summed E-state index contributed by atoms with van der Waals surface area (Å²) in [5.41, 5.74) is 5.59. The van der Waals surface area contributed by atoms with Gasteiger partial charge >= 0.3 is 0 Å². The number of nitrogen functional groups attached to an aromatic ring is 1. The number of ether oxygens (including phenoxy) is 1. The largest absolute Gasteiger partial charge is 0.384 e. The van der Waals surface area contributed by atoms with E-state index in [0.717, 1.165) is 11.4 Å². The van der Waals surface area contributed by atoms with Gasteiger partial charge < -0.3 is 15.0 Å². The monoisotopic (exact) mass is 319 g/mol. The van der Waals surface area contributed by atoms with Crippen molar-refractivity contribution in [2.45, 2.75) is 19.5 Å². The van der Waals surface area contributed by atoms with Gasteiger partial charge in [-0.2, -0.15) is 4.98 Å². The van der Waals surface area contributed by atoms with Crippen molar-refractivity contribution in [2.24, 2.45) is 0 Å². The number of thiazole rings is 1. The topological polar surface area (TPSA) is 90.3 Å². The molecule has 0 bridgehead atoms. The maximum absolute atomic E-state index is 5.59. The standard InChI is InChI=1S/C11H17N5O2S.ClH/c1-16(6-8-5-13-11(12)19-8)7-10-14-9(15-18-10)3-4-17-2;/h5H,3-4,6-7H2,1-2H3,(H2,12,13);1H. The molecule has 2 heterocycles. The smallest absolute Gasteiger partial charge is 0.240 e. The Bertz CT molecular complexity index is 518. The molecule has 0 amide bonds. The third-order valence-electron chi connectivity index (χ3n) is 2.44. The van der Waals surface area contributed by atoms with Gasteiger partial charge in [-0.3, -0.25) is 4.90 Å². The fourth-order valence-corrected chi connectivity index (χ4v) is 2.36. The lowest BCUT2D eigenvalue weighted by atomic mass is 10.4. The summed E-state index contributed by atoms with van der Waals surface area (Å²) in [6, 6.07) is 0. The number of nitrogens with zero attached hydrogens (tertiary/aromatic N) is 4. The first-order valence-electron chi connectivity index (χ1n) is 5.86. The number of nitrogens with two attached hydrogens (primary N) is 1. The predicted octanol–water partition coefficient (Wildman–Crippen LogP) is 1.35. The van der Waals surface area contributed by atoms with Crippen molar-refractivity contribution in [3.63, 3.8) is 0 Å². The molecule has 0 saturated heterocycles. The Labute approximate surface area is 127 Å². The Kier molecular flexibility index (Phi) is 6.86. The summed E-state index contributed by atoms with van der Waals surface area (Å²) < 4.78 is 10.1. The second-order valence-corrected chi connectivity index (χ2v) is 5.33. The molecule has 2 aromatic heterocycles. The van der Waals surface area contributed by atoms with Crippen LogP contribution in [0.5, 0.6) is 0 Å². The van der Waals surface area contributed by atoms with Gasteiger partial charge in [-0.1, -0.05) is 5.16 Å². The Morgan fingerprint density at radius 3 is 2.90 bits per heavy atom. The van der Waals surface area contributed by atoms with Crippen LogP contribution in [-0.2, 0) is 24.2 Å². The molecule has 0 saturated carbocycles. The highest BCUT2D eigenvalue weighted by Crippen LogP contribution is 2.16. The van der Waals surface area contributed by atoms with E-state index in [0.29, 0.717) is 36.4 Å². The number of aromatic nitrogens is 3. The van der Waals surface area contributed by atoms with Gasteiger partial charge in [0.25, 0.3) is 0 Å². The quantitative estimate of drug-likeness (QED) is 0.823. The highest BCUT2D eigenvalue weighted by Gasteiger charge is 2.10. The summed E-state index contributed by atoms with van der Waals surface area (Å²) in [6.07, 6.45) is 2.45.